The van der Waals surface area contributed by atoms with Gasteiger partial charge in [-0.3, -0.25) is 4.90 Å². The molecular formula is C22H27N3O3S. The minimum Gasteiger partial charge on any atom is -0.462 e. The normalized spacial score (nSPS) is 16.3. The highest BCUT2D eigenvalue weighted by molar-refractivity contribution is 7.17. The number of nitrogens with zero attached hydrogens (tertiary/aromatic N) is 2. The topological polar surface area (TPSA) is 75.9 Å². The summed E-state index contributed by atoms with van der Waals surface area (Å²) in [7, 11) is 0. The molecule has 29 heavy (non-hydrogen) atoms. The Morgan fingerprint density at radius 3 is 2.59 bits per heavy atom. The van der Waals surface area contributed by atoms with Crippen LogP contribution >= 0.6 is 11.3 Å². The lowest BCUT2D eigenvalue weighted by atomic mass is 9.95. The van der Waals surface area contributed by atoms with Crippen LogP contribution in [0.5, 0.6) is 0 Å². The number of thiophene rings is 1. The lowest BCUT2D eigenvalue weighted by molar-refractivity contribution is 0.0526. The Morgan fingerprint density at radius 2 is 1.86 bits per heavy atom. The van der Waals surface area contributed by atoms with Crippen molar-refractivity contribution in [2.24, 2.45) is 5.73 Å². The molecule has 1 aromatic heterocycles. The van der Waals surface area contributed by atoms with Gasteiger partial charge >= 0.3 is 12.0 Å². The second-order valence-electron chi connectivity index (χ2n) is 7.49. The molecule has 1 aliphatic heterocycles. The first-order chi connectivity index (χ1) is 14.1. The minimum atomic E-state index is -0.300. The first-order valence-corrected chi connectivity index (χ1v) is 11.1. The highest BCUT2D eigenvalue weighted by Crippen LogP contribution is 2.41. The summed E-state index contributed by atoms with van der Waals surface area (Å²) in [5, 5.41) is 0.765. The molecule has 0 saturated carbocycles. The zero-order chi connectivity index (χ0) is 20.4. The molecule has 1 aliphatic carbocycles. The monoisotopic (exact) mass is 413 g/mol. The standard InChI is InChI=1S/C22H27N3O3S/c1-2-28-21(26)19-17-5-3-4-6-18(17)29-20(19)25-12-11-24(22(25)27)14-16-9-7-15(13-23)8-10-16/h7-10H,2-6,11-14,23H2,1H3. The summed E-state index contributed by atoms with van der Waals surface area (Å²) in [6.07, 6.45) is 4.08. The molecule has 0 radical (unpaired) electrons. The predicted octanol–water partition coefficient (Wildman–Crippen LogP) is 3.70. The van der Waals surface area contributed by atoms with Gasteiger partial charge in [0.05, 0.1) is 12.2 Å². The number of urea groups is 1. The van der Waals surface area contributed by atoms with Crippen LogP contribution in [0, 0.1) is 0 Å². The molecule has 154 valence electrons. The zero-order valence-corrected chi connectivity index (χ0v) is 17.6. The first-order valence-electron chi connectivity index (χ1n) is 10.3. The van der Waals surface area contributed by atoms with Crippen molar-refractivity contribution >= 4 is 28.3 Å². The van der Waals surface area contributed by atoms with Crippen LogP contribution in [0.1, 0.15) is 51.7 Å². The number of nitrogens with two attached hydrogens (primary N) is 1. The van der Waals surface area contributed by atoms with Gasteiger partial charge in [0.1, 0.15) is 5.00 Å². The molecule has 1 aromatic carbocycles. The Morgan fingerprint density at radius 1 is 1.14 bits per heavy atom. The third-order valence-corrected chi connectivity index (χ3v) is 6.92. The second kappa shape index (κ2) is 8.55. The summed E-state index contributed by atoms with van der Waals surface area (Å²) in [5.41, 5.74) is 9.53. The van der Waals surface area contributed by atoms with Crippen LogP contribution in [-0.4, -0.2) is 36.6 Å². The molecule has 0 bridgehead atoms. The fraction of sp³-hybridized carbons (Fsp3) is 0.455. The fourth-order valence-corrected chi connectivity index (χ4v) is 5.47. The molecule has 4 rings (SSSR count). The largest absolute Gasteiger partial charge is 0.462 e. The number of carbonyl (C=O) groups excluding carboxylic acids is 2. The van der Waals surface area contributed by atoms with Crippen molar-refractivity contribution in [2.45, 2.75) is 45.7 Å². The molecule has 2 amide bonds. The van der Waals surface area contributed by atoms with Crippen molar-refractivity contribution < 1.29 is 14.3 Å². The van der Waals surface area contributed by atoms with E-state index in [0.717, 1.165) is 47.4 Å². The second-order valence-corrected chi connectivity index (χ2v) is 8.57. The number of esters is 1. The van der Waals surface area contributed by atoms with Crippen molar-refractivity contribution in [3.63, 3.8) is 0 Å². The highest BCUT2D eigenvalue weighted by Gasteiger charge is 2.36. The lowest BCUT2D eigenvalue weighted by Crippen LogP contribution is -2.32. The van der Waals surface area contributed by atoms with Gasteiger partial charge in [0.25, 0.3) is 0 Å². The van der Waals surface area contributed by atoms with Crippen LogP contribution in [0.2, 0.25) is 0 Å². The molecule has 7 heteroatoms. The van der Waals surface area contributed by atoms with Crippen LogP contribution in [0.4, 0.5) is 9.80 Å². The average molecular weight is 414 g/mol. The number of fused-ring (bicyclic) bond motifs is 1. The number of hydrogen-bond donors (Lipinski definition) is 1. The predicted molar refractivity (Wildman–Crippen MR) is 114 cm³/mol. The summed E-state index contributed by atoms with van der Waals surface area (Å²) in [6.45, 7) is 4.45. The third kappa shape index (κ3) is 3.89. The SMILES string of the molecule is CCOC(=O)c1c(N2CCN(Cc3ccc(CN)cc3)C2=O)sc2c1CCCC2. The lowest BCUT2D eigenvalue weighted by Gasteiger charge is -2.19. The maximum Gasteiger partial charge on any atom is 0.341 e. The van der Waals surface area contributed by atoms with Crippen LogP contribution in [0.25, 0.3) is 0 Å². The van der Waals surface area contributed by atoms with Crippen LogP contribution in [-0.2, 0) is 30.7 Å². The van der Waals surface area contributed by atoms with E-state index in [-0.39, 0.29) is 12.0 Å². The highest BCUT2D eigenvalue weighted by atomic mass is 32.1. The molecule has 2 aliphatic rings. The number of hydrogen-bond acceptors (Lipinski definition) is 5. The summed E-state index contributed by atoms with van der Waals surface area (Å²) < 4.78 is 5.34. The van der Waals surface area contributed by atoms with Gasteiger partial charge in [-0.2, -0.15) is 0 Å². The van der Waals surface area contributed by atoms with Gasteiger partial charge in [-0.15, -0.1) is 11.3 Å². The molecule has 1 saturated heterocycles. The molecule has 0 unspecified atom stereocenters. The first kappa shape index (κ1) is 19.9. The van der Waals surface area contributed by atoms with Crippen molar-refractivity contribution in [3.8, 4) is 0 Å². The number of amides is 2. The zero-order valence-electron chi connectivity index (χ0n) is 16.8. The van der Waals surface area contributed by atoms with Gasteiger partial charge in [0, 0.05) is 31.1 Å². The number of rotatable bonds is 6. The molecule has 2 heterocycles. The maximum atomic E-state index is 13.2. The van der Waals surface area contributed by atoms with Crippen LogP contribution in [0.3, 0.4) is 0 Å². The van der Waals surface area contributed by atoms with E-state index in [1.54, 1.807) is 16.2 Å². The smallest absolute Gasteiger partial charge is 0.341 e. The van der Waals surface area contributed by atoms with E-state index in [1.165, 1.54) is 4.88 Å². The summed E-state index contributed by atoms with van der Waals surface area (Å²) in [5.74, 6) is -0.300. The van der Waals surface area contributed by atoms with Gasteiger partial charge in [-0.05, 0) is 49.3 Å². The number of carbonyl (C=O) groups is 2. The van der Waals surface area contributed by atoms with E-state index in [2.05, 4.69) is 0 Å². The Hall–Kier alpha value is -2.38. The molecule has 2 aromatic rings. The summed E-state index contributed by atoms with van der Waals surface area (Å²) >= 11 is 1.59. The number of benzene rings is 1. The van der Waals surface area contributed by atoms with E-state index in [9.17, 15) is 9.59 Å². The molecule has 1 fully saturated rings. The van der Waals surface area contributed by atoms with Crippen molar-refractivity contribution in [1.29, 1.82) is 0 Å². The number of ether oxygens (including phenoxy) is 1. The Balaban J connectivity index is 1.58. The molecule has 0 spiro atoms. The maximum absolute atomic E-state index is 13.2. The van der Waals surface area contributed by atoms with Crippen LogP contribution < -0.4 is 10.6 Å². The Kier molecular flexibility index (Phi) is 5.87. The molecular weight excluding hydrogens is 386 g/mol. The third-order valence-electron chi connectivity index (χ3n) is 5.60. The van der Waals surface area contributed by atoms with Gasteiger partial charge < -0.3 is 15.4 Å². The Labute approximate surface area is 175 Å². The fourth-order valence-electron chi connectivity index (χ4n) is 4.07. The van der Waals surface area contributed by atoms with Gasteiger partial charge in [0.2, 0.25) is 0 Å². The minimum absolute atomic E-state index is 0.0444. The molecule has 2 N–H and O–H groups in total. The van der Waals surface area contributed by atoms with Crippen LogP contribution in [0.15, 0.2) is 24.3 Å². The summed E-state index contributed by atoms with van der Waals surface area (Å²) in [4.78, 5) is 30.7. The van der Waals surface area contributed by atoms with Crippen molar-refractivity contribution in [3.05, 3.63) is 51.4 Å². The quantitative estimate of drug-likeness (QED) is 0.733. The summed E-state index contributed by atoms with van der Waals surface area (Å²) in [6, 6.07) is 7.99. The van der Waals surface area contributed by atoms with E-state index < -0.39 is 0 Å². The van der Waals surface area contributed by atoms with E-state index in [1.807, 2.05) is 36.1 Å². The molecule has 0 atom stereocenters. The number of anilines is 1. The van der Waals surface area contributed by atoms with E-state index in [0.29, 0.717) is 38.3 Å². The van der Waals surface area contributed by atoms with E-state index in [4.69, 9.17) is 10.5 Å². The number of aryl methyl sites for hydroxylation is 1. The average Bonchev–Trinajstić information content (AvgIpc) is 3.29. The van der Waals surface area contributed by atoms with E-state index >= 15 is 0 Å². The van der Waals surface area contributed by atoms with Crippen molar-refractivity contribution in [2.75, 3.05) is 24.6 Å². The van der Waals surface area contributed by atoms with Gasteiger partial charge in [-0.1, -0.05) is 24.3 Å². The Bertz CT molecular complexity index is 907. The molecule has 6 nitrogen and oxygen atoms in total. The van der Waals surface area contributed by atoms with Crippen molar-refractivity contribution in [1.82, 2.24) is 4.90 Å². The van der Waals surface area contributed by atoms with Gasteiger partial charge in [-0.25, -0.2) is 9.59 Å². The van der Waals surface area contributed by atoms with Gasteiger partial charge in [0.15, 0.2) is 0 Å².